The molecule has 1 aliphatic rings. The van der Waals surface area contributed by atoms with Crippen LogP contribution in [0, 0.1) is 5.41 Å². The van der Waals surface area contributed by atoms with Gasteiger partial charge in [0.1, 0.15) is 0 Å². The summed E-state index contributed by atoms with van der Waals surface area (Å²) in [6.07, 6.45) is 3.41. The van der Waals surface area contributed by atoms with Crippen LogP contribution in [0.15, 0.2) is 30.3 Å². The molecule has 1 aliphatic carbocycles. The second kappa shape index (κ2) is 9.94. The van der Waals surface area contributed by atoms with Gasteiger partial charge >= 0.3 is 12.0 Å². The van der Waals surface area contributed by atoms with Gasteiger partial charge in [-0.15, -0.1) is 0 Å². The summed E-state index contributed by atoms with van der Waals surface area (Å²) < 4.78 is 0. The summed E-state index contributed by atoms with van der Waals surface area (Å²) >= 11 is 0. The van der Waals surface area contributed by atoms with Crippen LogP contribution in [-0.4, -0.2) is 42.1 Å². The van der Waals surface area contributed by atoms with Crippen molar-refractivity contribution >= 4 is 17.9 Å². The number of rotatable bonds is 10. The summed E-state index contributed by atoms with van der Waals surface area (Å²) in [5.74, 6) is -0.900. The highest BCUT2D eigenvalue weighted by atomic mass is 16.4. The minimum absolute atomic E-state index is 0.0109. The molecular formula is C20H29N3O4. The lowest BCUT2D eigenvalue weighted by molar-refractivity contribution is -0.137. The molecule has 4 N–H and O–H groups in total. The Morgan fingerprint density at radius 2 is 1.85 bits per heavy atom. The van der Waals surface area contributed by atoms with Crippen molar-refractivity contribution in [1.29, 1.82) is 0 Å². The molecule has 1 aromatic carbocycles. The number of carboxylic acids is 1. The monoisotopic (exact) mass is 375 g/mol. The first-order valence-electron chi connectivity index (χ1n) is 9.53. The number of amides is 3. The Kier molecular flexibility index (Phi) is 7.64. The quantitative estimate of drug-likeness (QED) is 0.502. The third-order valence-electron chi connectivity index (χ3n) is 5.08. The van der Waals surface area contributed by atoms with Gasteiger partial charge in [-0.2, -0.15) is 0 Å². The van der Waals surface area contributed by atoms with Crippen LogP contribution < -0.4 is 16.0 Å². The average molecular weight is 375 g/mol. The molecule has 0 spiro atoms. The molecule has 0 radical (unpaired) electrons. The molecule has 1 saturated carbocycles. The van der Waals surface area contributed by atoms with Crippen LogP contribution in [-0.2, 0) is 16.0 Å². The van der Waals surface area contributed by atoms with Gasteiger partial charge < -0.3 is 21.1 Å². The fraction of sp³-hybridized carbons (Fsp3) is 0.550. The van der Waals surface area contributed by atoms with Crippen molar-refractivity contribution in [2.75, 3.05) is 13.1 Å². The third-order valence-corrected chi connectivity index (χ3v) is 5.08. The molecule has 0 aliphatic heterocycles. The van der Waals surface area contributed by atoms with Crippen molar-refractivity contribution in [3.8, 4) is 0 Å². The first kappa shape index (κ1) is 20.7. The van der Waals surface area contributed by atoms with Crippen LogP contribution in [0.4, 0.5) is 4.79 Å². The van der Waals surface area contributed by atoms with E-state index in [1.165, 1.54) is 0 Å². The lowest BCUT2D eigenvalue weighted by Gasteiger charge is -2.40. The normalized spacial score (nSPS) is 15.9. The maximum atomic E-state index is 12.4. The third kappa shape index (κ3) is 6.27. The van der Waals surface area contributed by atoms with E-state index in [2.05, 4.69) is 16.0 Å². The maximum absolute atomic E-state index is 12.4. The molecule has 0 saturated heterocycles. The lowest BCUT2D eigenvalue weighted by atomic mass is 9.68. The van der Waals surface area contributed by atoms with Crippen LogP contribution in [0.5, 0.6) is 0 Å². The summed E-state index contributed by atoms with van der Waals surface area (Å²) in [4.78, 5) is 35.5. The molecule has 1 aromatic rings. The van der Waals surface area contributed by atoms with E-state index in [4.69, 9.17) is 5.11 Å². The SMILES string of the molecule is CCNC(=O)C1(CNC(=O)NC(CCC(=O)O)Cc2ccccc2)CCC1. The molecule has 148 valence electrons. The molecule has 2 rings (SSSR count). The van der Waals surface area contributed by atoms with E-state index in [1.54, 1.807) is 0 Å². The lowest BCUT2D eigenvalue weighted by Crippen LogP contribution is -2.54. The molecule has 0 aromatic heterocycles. The van der Waals surface area contributed by atoms with Gasteiger partial charge in [-0.1, -0.05) is 36.8 Å². The Morgan fingerprint density at radius 3 is 2.41 bits per heavy atom. The fourth-order valence-electron chi connectivity index (χ4n) is 3.34. The number of aliphatic carboxylic acids is 1. The van der Waals surface area contributed by atoms with E-state index >= 15 is 0 Å². The highest BCUT2D eigenvalue weighted by Gasteiger charge is 2.44. The van der Waals surface area contributed by atoms with E-state index in [1.807, 2.05) is 37.3 Å². The second-order valence-corrected chi connectivity index (χ2v) is 7.14. The van der Waals surface area contributed by atoms with Crippen molar-refractivity contribution in [2.24, 2.45) is 5.41 Å². The van der Waals surface area contributed by atoms with Gasteiger partial charge in [0.15, 0.2) is 0 Å². The average Bonchev–Trinajstić information content (AvgIpc) is 2.60. The fourth-order valence-corrected chi connectivity index (χ4v) is 3.34. The topological polar surface area (TPSA) is 108 Å². The van der Waals surface area contributed by atoms with Gasteiger partial charge in [0, 0.05) is 25.6 Å². The largest absolute Gasteiger partial charge is 0.481 e. The Morgan fingerprint density at radius 1 is 1.15 bits per heavy atom. The highest BCUT2D eigenvalue weighted by Crippen LogP contribution is 2.40. The molecule has 0 bridgehead atoms. The Hall–Kier alpha value is -2.57. The van der Waals surface area contributed by atoms with Crippen molar-refractivity contribution in [1.82, 2.24) is 16.0 Å². The van der Waals surface area contributed by atoms with Gasteiger partial charge in [-0.3, -0.25) is 9.59 Å². The summed E-state index contributed by atoms with van der Waals surface area (Å²) in [6, 6.07) is 8.99. The molecular weight excluding hydrogens is 346 g/mol. The van der Waals surface area contributed by atoms with Crippen molar-refractivity contribution < 1.29 is 19.5 Å². The number of urea groups is 1. The van der Waals surface area contributed by atoms with Gasteiger partial charge in [-0.25, -0.2) is 4.79 Å². The Balaban J connectivity index is 1.90. The van der Waals surface area contributed by atoms with Crippen molar-refractivity contribution in [2.45, 2.75) is 51.5 Å². The van der Waals surface area contributed by atoms with E-state index in [0.717, 1.165) is 24.8 Å². The van der Waals surface area contributed by atoms with E-state index in [0.29, 0.717) is 25.9 Å². The summed E-state index contributed by atoms with van der Waals surface area (Å²) in [6.45, 7) is 2.74. The van der Waals surface area contributed by atoms with E-state index < -0.39 is 11.4 Å². The van der Waals surface area contributed by atoms with Crippen LogP contribution in [0.1, 0.15) is 44.6 Å². The van der Waals surface area contributed by atoms with Crippen LogP contribution in [0.3, 0.4) is 0 Å². The zero-order valence-electron chi connectivity index (χ0n) is 15.8. The maximum Gasteiger partial charge on any atom is 0.315 e. The van der Waals surface area contributed by atoms with Gasteiger partial charge in [0.25, 0.3) is 0 Å². The van der Waals surface area contributed by atoms with Crippen LogP contribution >= 0.6 is 0 Å². The van der Waals surface area contributed by atoms with Gasteiger partial charge in [-0.05, 0) is 38.2 Å². The van der Waals surface area contributed by atoms with E-state index in [-0.39, 0.29) is 24.4 Å². The Labute approximate surface area is 159 Å². The molecule has 3 amide bonds. The number of carbonyl (C=O) groups excluding carboxylic acids is 2. The zero-order valence-corrected chi connectivity index (χ0v) is 15.8. The summed E-state index contributed by atoms with van der Waals surface area (Å²) in [5, 5.41) is 17.5. The number of hydrogen-bond acceptors (Lipinski definition) is 3. The van der Waals surface area contributed by atoms with Crippen molar-refractivity contribution in [3.63, 3.8) is 0 Å². The molecule has 27 heavy (non-hydrogen) atoms. The Bertz CT molecular complexity index is 644. The van der Waals surface area contributed by atoms with Crippen LogP contribution in [0.2, 0.25) is 0 Å². The molecule has 0 heterocycles. The number of carbonyl (C=O) groups is 3. The molecule has 1 unspecified atom stereocenters. The molecule has 1 fully saturated rings. The van der Waals surface area contributed by atoms with Gasteiger partial charge in [0.2, 0.25) is 5.91 Å². The van der Waals surface area contributed by atoms with Crippen LogP contribution in [0.25, 0.3) is 0 Å². The minimum Gasteiger partial charge on any atom is -0.481 e. The van der Waals surface area contributed by atoms with Crippen molar-refractivity contribution in [3.05, 3.63) is 35.9 Å². The number of benzene rings is 1. The van der Waals surface area contributed by atoms with E-state index in [9.17, 15) is 14.4 Å². The molecule has 1 atom stereocenters. The predicted molar refractivity (Wildman–Crippen MR) is 102 cm³/mol. The number of hydrogen-bond donors (Lipinski definition) is 4. The standard InChI is InChI=1S/C20H29N3O4/c1-2-21-18(26)20(11-6-12-20)14-22-19(27)23-16(9-10-17(24)25)13-15-7-4-3-5-8-15/h3-5,7-8,16H,2,6,9-14H2,1H3,(H,21,26)(H,24,25)(H2,22,23,27). The zero-order chi connectivity index (χ0) is 19.7. The molecule has 7 heteroatoms. The number of nitrogens with one attached hydrogen (secondary N) is 3. The van der Waals surface area contributed by atoms with Gasteiger partial charge in [0.05, 0.1) is 5.41 Å². The highest BCUT2D eigenvalue weighted by molar-refractivity contribution is 5.84. The molecule has 7 nitrogen and oxygen atoms in total. The first-order chi connectivity index (χ1) is 12.9. The predicted octanol–water partition coefficient (Wildman–Crippen LogP) is 2.07. The minimum atomic E-state index is -0.889. The smallest absolute Gasteiger partial charge is 0.315 e. The second-order valence-electron chi connectivity index (χ2n) is 7.14. The number of carboxylic acid groups (broad SMARTS) is 1. The first-order valence-corrected chi connectivity index (χ1v) is 9.53. The summed E-state index contributed by atoms with van der Waals surface area (Å²) in [7, 11) is 0. The summed E-state index contributed by atoms with van der Waals surface area (Å²) in [5.41, 5.74) is 0.523.